The molecule has 1 aromatic rings. The first-order valence-corrected chi connectivity index (χ1v) is 5.12. The number of halogens is 2. The number of esters is 1. The van der Waals surface area contributed by atoms with Gasteiger partial charge < -0.3 is 10.5 Å². The van der Waals surface area contributed by atoms with Gasteiger partial charge in [0, 0.05) is 5.56 Å². The van der Waals surface area contributed by atoms with Crippen LogP contribution in [-0.2, 0) is 16.0 Å². The third-order valence-electron chi connectivity index (χ3n) is 2.19. The Bertz CT molecular complexity index is 498. The number of aromatic nitrogens is 1. The van der Waals surface area contributed by atoms with E-state index in [0.717, 1.165) is 6.20 Å². The van der Waals surface area contributed by atoms with Crippen molar-refractivity contribution in [2.75, 3.05) is 12.3 Å². The zero-order valence-electron chi connectivity index (χ0n) is 9.61. The van der Waals surface area contributed by atoms with Crippen molar-refractivity contribution in [1.29, 1.82) is 5.26 Å². The average molecular weight is 255 g/mol. The molecule has 0 amide bonds. The van der Waals surface area contributed by atoms with E-state index in [4.69, 9.17) is 11.0 Å². The number of ether oxygens (including phenoxy) is 1. The summed E-state index contributed by atoms with van der Waals surface area (Å²) in [7, 11) is 0. The highest BCUT2D eigenvalue weighted by Gasteiger charge is 2.21. The van der Waals surface area contributed by atoms with Crippen molar-refractivity contribution in [3.63, 3.8) is 0 Å². The molecule has 0 unspecified atom stereocenters. The highest BCUT2D eigenvalue weighted by atomic mass is 19.3. The summed E-state index contributed by atoms with van der Waals surface area (Å²) < 4.78 is 30.0. The van der Waals surface area contributed by atoms with Crippen LogP contribution in [0.5, 0.6) is 0 Å². The largest absolute Gasteiger partial charge is 0.466 e. The van der Waals surface area contributed by atoms with Gasteiger partial charge in [-0.1, -0.05) is 0 Å². The van der Waals surface area contributed by atoms with E-state index in [2.05, 4.69) is 9.72 Å². The van der Waals surface area contributed by atoms with Crippen molar-refractivity contribution in [2.45, 2.75) is 19.8 Å². The normalized spacial score (nSPS) is 10.2. The fourth-order valence-electron chi connectivity index (χ4n) is 1.42. The molecule has 0 fully saturated rings. The van der Waals surface area contributed by atoms with Gasteiger partial charge in [-0.2, -0.15) is 5.26 Å². The van der Waals surface area contributed by atoms with Crippen LogP contribution in [0.4, 0.5) is 14.5 Å². The van der Waals surface area contributed by atoms with E-state index in [1.54, 1.807) is 13.0 Å². The van der Waals surface area contributed by atoms with E-state index in [1.807, 2.05) is 0 Å². The minimum Gasteiger partial charge on any atom is -0.466 e. The number of nitriles is 1. The third kappa shape index (κ3) is 2.91. The monoisotopic (exact) mass is 255 g/mol. The van der Waals surface area contributed by atoms with Crippen molar-refractivity contribution in [1.82, 2.24) is 4.98 Å². The molecule has 96 valence electrons. The van der Waals surface area contributed by atoms with Gasteiger partial charge in [-0.3, -0.25) is 9.78 Å². The number of anilines is 1. The predicted molar refractivity (Wildman–Crippen MR) is 58.7 cm³/mol. The molecular weight excluding hydrogens is 244 g/mol. The summed E-state index contributed by atoms with van der Waals surface area (Å²) in [5.41, 5.74) is 4.55. The van der Waals surface area contributed by atoms with Gasteiger partial charge in [0.05, 0.1) is 30.5 Å². The first-order chi connectivity index (χ1) is 8.51. The quantitative estimate of drug-likeness (QED) is 0.825. The molecule has 0 bridgehead atoms. The Hall–Kier alpha value is -2.23. The van der Waals surface area contributed by atoms with Crippen LogP contribution in [0.1, 0.15) is 30.2 Å². The van der Waals surface area contributed by atoms with Crippen LogP contribution >= 0.6 is 0 Å². The summed E-state index contributed by atoms with van der Waals surface area (Å²) in [6.45, 7) is 1.77. The molecule has 1 rings (SSSR count). The number of alkyl halides is 2. The van der Waals surface area contributed by atoms with Gasteiger partial charge in [0.1, 0.15) is 11.8 Å². The molecule has 18 heavy (non-hydrogen) atoms. The first kappa shape index (κ1) is 13.8. The summed E-state index contributed by atoms with van der Waals surface area (Å²) in [6, 6.07) is 1.60. The van der Waals surface area contributed by atoms with E-state index in [-0.39, 0.29) is 29.8 Å². The van der Waals surface area contributed by atoms with Crippen LogP contribution in [0.15, 0.2) is 6.20 Å². The van der Waals surface area contributed by atoms with Gasteiger partial charge in [-0.25, -0.2) is 8.78 Å². The van der Waals surface area contributed by atoms with E-state index in [1.165, 1.54) is 0 Å². The number of nitrogens with two attached hydrogens (primary N) is 1. The van der Waals surface area contributed by atoms with Crippen LogP contribution in [0.3, 0.4) is 0 Å². The van der Waals surface area contributed by atoms with Crippen molar-refractivity contribution in [2.24, 2.45) is 0 Å². The van der Waals surface area contributed by atoms with Crippen LogP contribution in [0, 0.1) is 11.3 Å². The van der Waals surface area contributed by atoms with Crippen molar-refractivity contribution in [3.8, 4) is 6.07 Å². The van der Waals surface area contributed by atoms with Crippen LogP contribution < -0.4 is 5.73 Å². The predicted octanol–water partition coefficient (Wildman–Crippen LogP) is 1.58. The van der Waals surface area contributed by atoms with Crippen molar-refractivity contribution >= 4 is 11.7 Å². The molecule has 7 heteroatoms. The lowest BCUT2D eigenvalue weighted by molar-refractivity contribution is -0.142. The number of nitrogens with zero attached hydrogens (tertiary/aromatic N) is 2. The number of nitrogen functional groups attached to an aromatic ring is 1. The summed E-state index contributed by atoms with van der Waals surface area (Å²) in [5, 5.41) is 8.88. The van der Waals surface area contributed by atoms with Gasteiger partial charge >= 0.3 is 5.97 Å². The summed E-state index contributed by atoms with van der Waals surface area (Å²) in [6.07, 6.45) is -2.22. The summed E-state index contributed by atoms with van der Waals surface area (Å²) in [4.78, 5) is 14.7. The smallest absolute Gasteiger partial charge is 0.310 e. The molecule has 0 radical (unpaired) electrons. The summed E-state index contributed by atoms with van der Waals surface area (Å²) in [5.74, 6) is -0.632. The summed E-state index contributed by atoms with van der Waals surface area (Å²) >= 11 is 0. The Kier molecular flexibility index (Phi) is 4.54. The maximum Gasteiger partial charge on any atom is 0.310 e. The number of rotatable bonds is 4. The van der Waals surface area contributed by atoms with Gasteiger partial charge in [0.15, 0.2) is 0 Å². The second-order valence-corrected chi connectivity index (χ2v) is 3.35. The van der Waals surface area contributed by atoms with E-state index < -0.39 is 18.1 Å². The first-order valence-electron chi connectivity index (χ1n) is 5.12. The van der Waals surface area contributed by atoms with E-state index in [9.17, 15) is 13.6 Å². The lowest BCUT2D eigenvalue weighted by atomic mass is 10.0. The number of hydrogen-bond donors (Lipinski definition) is 1. The Labute approximate surface area is 102 Å². The molecule has 0 aliphatic heterocycles. The standard InChI is InChI=1S/C11H11F2N3O2/c1-2-18-9(17)3-6-7(4-14)10(11(12)13)16-5-8(6)15/h5,11H,2-3,15H2,1H3. The van der Waals surface area contributed by atoms with Gasteiger partial charge in [-0.05, 0) is 6.92 Å². The third-order valence-corrected chi connectivity index (χ3v) is 2.19. The average Bonchev–Trinajstić information content (AvgIpc) is 2.31. The molecule has 0 atom stereocenters. The highest BCUT2D eigenvalue weighted by molar-refractivity contribution is 5.76. The minimum absolute atomic E-state index is 0.0176. The maximum atomic E-state index is 12.6. The van der Waals surface area contributed by atoms with Crippen molar-refractivity contribution in [3.05, 3.63) is 23.0 Å². The number of carbonyl (C=O) groups is 1. The molecule has 0 aliphatic carbocycles. The van der Waals surface area contributed by atoms with Crippen LogP contribution in [0.2, 0.25) is 0 Å². The van der Waals surface area contributed by atoms with Crippen LogP contribution in [0.25, 0.3) is 0 Å². The highest BCUT2D eigenvalue weighted by Crippen LogP contribution is 2.26. The molecule has 1 aromatic heterocycles. The molecule has 0 aliphatic rings. The molecule has 0 saturated heterocycles. The number of carbonyl (C=O) groups excluding carboxylic acids is 1. The van der Waals surface area contributed by atoms with E-state index >= 15 is 0 Å². The van der Waals surface area contributed by atoms with Gasteiger partial charge in [-0.15, -0.1) is 0 Å². The molecule has 0 saturated carbocycles. The zero-order valence-corrected chi connectivity index (χ0v) is 9.61. The molecule has 5 nitrogen and oxygen atoms in total. The fourth-order valence-corrected chi connectivity index (χ4v) is 1.42. The van der Waals surface area contributed by atoms with Crippen molar-refractivity contribution < 1.29 is 18.3 Å². The molecule has 2 N–H and O–H groups in total. The van der Waals surface area contributed by atoms with E-state index in [0.29, 0.717) is 0 Å². The maximum absolute atomic E-state index is 12.6. The SMILES string of the molecule is CCOC(=O)Cc1c(N)cnc(C(F)F)c1C#N. The molecule has 1 heterocycles. The van der Waals surface area contributed by atoms with Crippen LogP contribution in [-0.4, -0.2) is 17.6 Å². The Morgan fingerprint density at radius 3 is 2.83 bits per heavy atom. The number of pyridine rings is 1. The molecule has 0 aromatic carbocycles. The second-order valence-electron chi connectivity index (χ2n) is 3.35. The minimum atomic E-state index is -2.90. The fraction of sp³-hybridized carbons (Fsp3) is 0.364. The Balaban J connectivity index is 3.21. The van der Waals surface area contributed by atoms with Gasteiger partial charge in [0.25, 0.3) is 6.43 Å². The van der Waals surface area contributed by atoms with Gasteiger partial charge in [0.2, 0.25) is 0 Å². The lowest BCUT2D eigenvalue weighted by Crippen LogP contribution is -2.13. The zero-order chi connectivity index (χ0) is 13.7. The lowest BCUT2D eigenvalue weighted by Gasteiger charge is -2.10. The Morgan fingerprint density at radius 2 is 2.33 bits per heavy atom. The molecule has 0 spiro atoms. The molecular formula is C11H11F2N3O2. The second kappa shape index (κ2) is 5.91. The Morgan fingerprint density at radius 1 is 1.67 bits per heavy atom. The topological polar surface area (TPSA) is 89.0 Å². The number of hydrogen-bond acceptors (Lipinski definition) is 5.